The van der Waals surface area contributed by atoms with Gasteiger partial charge < -0.3 is 10.8 Å². The molecule has 0 aliphatic heterocycles. The SMILES string of the molecule is N[C@@H](CCO)c1c(Cl)cncc1Cl. The summed E-state index contributed by atoms with van der Waals surface area (Å²) in [6, 6.07) is -0.340. The lowest BCUT2D eigenvalue weighted by Gasteiger charge is -2.13. The second-order valence-corrected chi connectivity index (χ2v) is 3.45. The molecule has 0 amide bonds. The maximum Gasteiger partial charge on any atom is 0.0651 e. The van der Waals surface area contributed by atoms with Crippen molar-refractivity contribution in [2.45, 2.75) is 12.5 Å². The number of rotatable bonds is 3. The van der Waals surface area contributed by atoms with Gasteiger partial charge in [-0.3, -0.25) is 4.98 Å². The number of pyridine rings is 1. The molecule has 13 heavy (non-hydrogen) atoms. The normalized spacial score (nSPS) is 12.9. The fourth-order valence-electron chi connectivity index (χ4n) is 1.06. The van der Waals surface area contributed by atoms with Gasteiger partial charge in [-0.15, -0.1) is 0 Å². The monoisotopic (exact) mass is 220 g/mol. The molecule has 3 N–H and O–H groups in total. The third-order valence-corrected chi connectivity index (χ3v) is 2.30. The van der Waals surface area contributed by atoms with Gasteiger partial charge in [-0.25, -0.2) is 0 Å². The molecule has 1 atom stereocenters. The second-order valence-electron chi connectivity index (χ2n) is 2.64. The summed E-state index contributed by atoms with van der Waals surface area (Å²) < 4.78 is 0. The summed E-state index contributed by atoms with van der Waals surface area (Å²) in [5.41, 5.74) is 6.40. The maximum atomic E-state index is 8.70. The molecule has 0 fully saturated rings. The molecule has 0 radical (unpaired) electrons. The van der Waals surface area contributed by atoms with E-state index >= 15 is 0 Å². The third-order valence-electron chi connectivity index (χ3n) is 1.70. The Hall–Kier alpha value is -0.350. The van der Waals surface area contributed by atoms with E-state index < -0.39 is 0 Å². The van der Waals surface area contributed by atoms with Gasteiger partial charge in [-0.05, 0) is 6.42 Å². The first-order valence-corrected chi connectivity index (χ1v) is 4.57. The maximum absolute atomic E-state index is 8.70. The zero-order chi connectivity index (χ0) is 9.84. The number of aromatic nitrogens is 1. The average Bonchev–Trinajstić information content (AvgIpc) is 2.04. The van der Waals surface area contributed by atoms with Crippen molar-refractivity contribution >= 4 is 23.2 Å². The minimum Gasteiger partial charge on any atom is -0.396 e. The Balaban J connectivity index is 2.98. The molecule has 0 aliphatic rings. The van der Waals surface area contributed by atoms with Gasteiger partial charge >= 0.3 is 0 Å². The minimum absolute atomic E-state index is 0.0101. The van der Waals surface area contributed by atoms with Gasteiger partial charge in [0, 0.05) is 30.6 Å². The Bertz CT molecular complexity index is 273. The molecule has 0 aliphatic carbocycles. The molecular formula is C8H10Cl2N2O. The summed E-state index contributed by atoms with van der Waals surface area (Å²) in [5, 5.41) is 9.57. The van der Waals surface area contributed by atoms with E-state index in [2.05, 4.69) is 4.98 Å². The smallest absolute Gasteiger partial charge is 0.0651 e. The molecule has 1 aromatic rings. The molecule has 0 spiro atoms. The second kappa shape index (κ2) is 4.77. The lowest BCUT2D eigenvalue weighted by molar-refractivity contribution is 0.276. The minimum atomic E-state index is -0.340. The van der Waals surface area contributed by atoms with E-state index in [1.54, 1.807) is 0 Å². The highest BCUT2D eigenvalue weighted by molar-refractivity contribution is 6.35. The van der Waals surface area contributed by atoms with Crippen LogP contribution in [0.1, 0.15) is 18.0 Å². The number of aliphatic hydroxyl groups excluding tert-OH is 1. The van der Waals surface area contributed by atoms with E-state index in [1.807, 2.05) is 0 Å². The highest BCUT2D eigenvalue weighted by Crippen LogP contribution is 2.29. The van der Waals surface area contributed by atoms with Crippen LogP contribution in [0.4, 0.5) is 0 Å². The largest absolute Gasteiger partial charge is 0.396 e. The van der Waals surface area contributed by atoms with Crippen LogP contribution in [-0.2, 0) is 0 Å². The van der Waals surface area contributed by atoms with E-state index in [1.165, 1.54) is 12.4 Å². The number of aliphatic hydroxyl groups is 1. The van der Waals surface area contributed by atoms with E-state index in [-0.39, 0.29) is 12.6 Å². The van der Waals surface area contributed by atoms with Crippen molar-refractivity contribution in [3.8, 4) is 0 Å². The molecule has 1 aromatic heterocycles. The Morgan fingerprint density at radius 1 is 1.38 bits per heavy atom. The van der Waals surface area contributed by atoms with E-state index in [0.29, 0.717) is 22.0 Å². The first kappa shape index (κ1) is 10.7. The zero-order valence-electron chi connectivity index (χ0n) is 6.87. The van der Waals surface area contributed by atoms with Crippen LogP contribution in [0.25, 0.3) is 0 Å². The molecule has 3 nitrogen and oxygen atoms in total. The number of nitrogens with zero attached hydrogens (tertiary/aromatic N) is 1. The van der Waals surface area contributed by atoms with Crippen LogP contribution in [0.5, 0.6) is 0 Å². The lowest BCUT2D eigenvalue weighted by atomic mass is 10.1. The molecule has 0 aromatic carbocycles. The van der Waals surface area contributed by atoms with Gasteiger partial charge in [0.15, 0.2) is 0 Å². The first-order valence-electron chi connectivity index (χ1n) is 3.82. The van der Waals surface area contributed by atoms with Crippen molar-refractivity contribution in [3.63, 3.8) is 0 Å². The summed E-state index contributed by atoms with van der Waals surface area (Å²) in [6.07, 6.45) is 3.41. The topological polar surface area (TPSA) is 59.1 Å². The van der Waals surface area contributed by atoms with Crippen LogP contribution in [0, 0.1) is 0 Å². The first-order chi connectivity index (χ1) is 6.16. The highest BCUT2D eigenvalue weighted by atomic mass is 35.5. The summed E-state index contributed by atoms with van der Waals surface area (Å²) >= 11 is 11.7. The van der Waals surface area contributed by atoms with Crippen molar-refractivity contribution in [1.29, 1.82) is 0 Å². The molecule has 5 heteroatoms. The van der Waals surface area contributed by atoms with Crippen LogP contribution in [0.15, 0.2) is 12.4 Å². The summed E-state index contributed by atoms with van der Waals surface area (Å²) in [4.78, 5) is 3.81. The fraction of sp³-hybridized carbons (Fsp3) is 0.375. The summed E-state index contributed by atoms with van der Waals surface area (Å²) in [6.45, 7) is 0.0101. The molecule has 0 unspecified atom stereocenters. The highest BCUT2D eigenvalue weighted by Gasteiger charge is 2.13. The van der Waals surface area contributed by atoms with Crippen LogP contribution in [0.2, 0.25) is 10.0 Å². The molecule has 0 bridgehead atoms. The van der Waals surface area contributed by atoms with Crippen LogP contribution in [-0.4, -0.2) is 16.7 Å². The summed E-state index contributed by atoms with van der Waals surface area (Å²) in [7, 11) is 0. The number of halogens is 2. The van der Waals surface area contributed by atoms with E-state index in [4.69, 9.17) is 34.0 Å². The third kappa shape index (κ3) is 2.54. The molecule has 0 saturated heterocycles. The van der Waals surface area contributed by atoms with Crippen LogP contribution in [0.3, 0.4) is 0 Å². The van der Waals surface area contributed by atoms with Crippen molar-refractivity contribution in [1.82, 2.24) is 4.98 Å². The average molecular weight is 221 g/mol. The molecular weight excluding hydrogens is 211 g/mol. The van der Waals surface area contributed by atoms with Crippen LogP contribution < -0.4 is 5.73 Å². The van der Waals surface area contributed by atoms with Gasteiger partial charge in [0.05, 0.1) is 10.0 Å². The van der Waals surface area contributed by atoms with Crippen molar-refractivity contribution in [2.75, 3.05) is 6.61 Å². The predicted molar refractivity (Wildman–Crippen MR) is 52.9 cm³/mol. The summed E-state index contributed by atoms with van der Waals surface area (Å²) in [5.74, 6) is 0. The van der Waals surface area contributed by atoms with E-state index in [9.17, 15) is 0 Å². The van der Waals surface area contributed by atoms with Gasteiger partial charge in [-0.2, -0.15) is 0 Å². The Labute approximate surface area is 86.5 Å². The van der Waals surface area contributed by atoms with Gasteiger partial charge in [-0.1, -0.05) is 23.2 Å². The predicted octanol–water partition coefficient (Wildman–Crippen LogP) is 1.77. The Morgan fingerprint density at radius 2 is 1.92 bits per heavy atom. The van der Waals surface area contributed by atoms with Crippen molar-refractivity contribution in [2.24, 2.45) is 5.73 Å². The quantitative estimate of drug-likeness (QED) is 0.817. The fourth-order valence-corrected chi connectivity index (χ4v) is 1.70. The zero-order valence-corrected chi connectivity index (χ0v) is 8.39. The Morgan fingerprint density at radius 3 is 2.38 bits per heavy atom. The number of nitrogens with two attached hydrogens (primary N) is 1. The molecule has 1 rings (SSSR count). The lowest BCUT2D eigenvalue weighted by Crippen LogP contribution is -2.13. The van der Waals surface area contributed by atoms with Gasteiger partial charge in [0.25, 0.3) is 0 Å². The molecule has 72 valence electrons. The Kier molecular flexibility index (Phi) is 3.93. The number of hydrogen-bond acceptors (Lipinski definition) is 3. The van der Waals surface area contributed by atoms with Gasteiger partial charge in [0.2, 0.25) is 0 Å². The van der Waals surface area contributed by atoms with Crippen molar-refractivity contribution in [3.05, 3.63) is 28.0 Å². The molecule has 0 saturated carbocycles. The van der Waals surface area contributed by atoms with Gasteiger partial charge in [0.1, 0.15) is 0 Å². The van der Waals surface area contributed by atoms with E-state index in [0.717, 1.165) is 0 Å². The number of hydrogen-bond donors (Lipinski definition) is 2. The van der Waals surface area contributed by atoms with Crippen molar-refractivity contribution < 1.29 is 5.11 Å². The van der Waals surface area contributed by atoms with Crippen LogP contribution >= 0.6 is 23.2 Å². The molecule has 1 heterocycles. The standard InChI is InChI=1S/C8H10Cl2N2O/c9-5-3-12-4-6(10)8(5)7(11)1-2-13/h3-4,7,13H,1-2,11H2/t7-/m0/s1.